The predicted octanol–water partition coefficient (Wildman–Crippen LogP) is 16.6. The number of aliphatic hydroxyl groups is 2. The van der Waals surface area contributed by atoms with Crippen LogP contribution in [0.4, 0.5) is 139 Å². The monoisotopic (exact) mass is 1180 g/mol. The van der Waals surface area contributed by atoms with Gasteiger partial charge in [0.25, 0.3) is 0 Å². The molecular weight excluding hydrogens is 1160 g/mol. The Morgan fingerprint density at radius 1 is 0.250 bits per heavy atom. The summed E-state index contributed by atoms with van der Waals surface area (Å²) < 4.78 is 337. The van der Waals surface area contributed by atoms with Crippen molar-refractivity contribution in [2.45, 2.75) is 49.4 Å². The van der Waals surface area contributed by atoms with Crippen LogP contribution >= 0.6 is 0 Å². The van der Waals surface area contributed by atoms with E-state index in [1.54, 1.807) is 0 Å². The topological polar surface area (TPSA) is 134 Å². The van der Waals surface area contributed by atoms with E-state index in [0.29, 0.717) is 0 Å². The van der Waals surface area contributed by atoms with Gasteiger partial charge < -0.3 is 40.4 Å². The number of alkyl halides is 24. The number of rotatable bonds is 8. The molecule has 0 radical (unpaired) electrons. The SMILES string of the molecule is [O-]c1cc(N(c2cc(C(F)(F)F)cc(C(F)(F)F)c2)c2cc(C(F)(F)F)cc(C(F)(F)F)c2)cc([O-])c1C1=C(O)C(c2c(O)cc(N(c3cc(C(F)(F)F)cc(C(F)(F)F)c3)c3cc(C(F)(F)F)cc(C(F)(F)F)c3)cc2O)=C1O. The van der Waals surface area contributed by atoms with Gasteiger partial charge in [0.2, 0.25) is 0 Å². The van der Waals surface area contributed by atoms with Crippen LogP contribution in [0, 0.1) is 0 Å². The number of hydrogen-bond acceptors (Lipinski definition) is 8. The number of nitrogens with zero attached hydrogens (tertiary/aromatic N) is 2. The molecule has 8 nitrogen and oxygen atoms in total. The lowest BCUT2D eigenvalue weighted by Crippen LogP contribution is -2.19. The number of benzene rings is 6. The van der Waals surface area contributed by atoms with Crippen molar-refractivity contribution in [1.29, 1.82) is 0 Å². The van der Waals surface area contributed by atoms with Crippen LogP contribution in [0.5, 0.6) is 23.0 Å². The first kappa shape index (κ1) is 59.2. The summed E-state index contributed by atoms with van der Waals surface area (Å²) in [5.41, 5.74) is -32.4. The molecule has 0 saturated heterocycles. The molecule has 6 aromatic rings. The van der Waals surface area contributed by atoms with Crippen molar-refractivity contribution < 1.29 is 136 Å². The maximum atomic E-state index is 14.0. The van der Waals surface area contributed by atoms with Gasteiger partial charge in [-0.05, 0) is 90.5 Å². The predicted molar refractivity (Wildman–Crippen MR) is 224 cm³/mol. The van der Waals surface area contributed by atoms with Crippen LogP contribution in [-0.2, 0) is 49.4 Å². The molecule has 0 bridgehead atoms. The first-order valence-corrected chi connectivity index (χ1v) is 20.9. The summed E-state index contributed by atoms with van der Waals surface area (Å²) in [6.45, 7) is 0. The van der Waals surface area contributed by atoms with E-state index in [4.69, 9.17) is 0 Å². The van der Waals surface area contributed by atoms with Gasteiger partial charge in [0, 0.05) is 40.6 Å². The van der Waals surface area contributed by atoms with E-state index in [1.807, 2.05) is 0 Å². The lowest BCUT2D eigenvalue weighted by molar-refractivity contribution is -0.280. The van der Waals surface area contributed by atoms with E-state index in [9.17, 15) is 136 Å². The van der Waals surface area contributed by atoms with Gasteiger partial charge in [-0.3, -0.25) is 0 Å². The van der Waals surface area contributed by atoms with Gasteiger partial charge in [-0.1, -0.05) is 11.5 Å². The molecule has 0 aromatic heterocycles. The zero-order chi connectivity index (χ0) is 60.3. The lowest BCUT2D eigenvalue weighted by atomic mass is 9.83. The third-order valence-electron chi connectivity index (χ3n) is 11.4. The van der Waals surface area contributed by atoms with Crippen LogP contribution in [0.3, 0.4) is 0 Å². The summed E-state index contributed by atoms with van der Waals surface area (Å²) in [5.74, 6) is -10.3. The van der Waals surface area contributed by atoms with Gasteiger partial charge >= 0.3 is 49.4 Å². The molecule has 0 aliphatic heterocycles. The van der Waals surface area contributed by atoms with E-state index < -0.39 is 209 Å². The van der Waals surface area contributed by atoms with Gasteiger partial charge in [0.15, 0.2) is 0 Å². The molecule has 4 N–H and O–H groups in total. The molecule has 0 atom stereocenters. The molecule has 0 amide bonds. The number of aromatic hydroxyl groups is 2. The number of phenolic OH excluding ortho intramolecular Hbond substituents is 2. The van der Waals surface area contributed by atoms with Crippen molar-refractivity contribution in [3.63, 3.8) is 0 Å². The summed E-state index contributed by atoms with van der Waals surface area (Å²) >= 11 is 0. The molecule has 7 rings (SSSR count). The summed E-state index contributed by atoms with van der Waals surface area (Å²) in [6, 6.07) is -3.70. The molecule has 1 aliphatic carbocycles. The second-order valence-electron chi connectivity index (χ2n) is 16.9. The fourth-order valence-corrected chi connectivity index (χ4v) is 7.98. The van der Waals surface area contributed by atoms with Gasteiger partial charge in [0.1, 0.15) is 23.0 Å². The highest BCUT2D eigenvalue weighted by molar-refractivity contribution is 6.10. The molecule has 0 heterocycles. The number of anilines is 6. The Hall–Kier alpha value is -8.48. The van der Waals surface area contributed by atoms with Crippen molar-refractivity contribution >= 4 is 45.3 Å². The van der Waals surface area contributed by atoms with E-state index >= 15 is 0 Å². The Labute approximate surface area is 427 Å². The number of hydrogen-bond donors (Lipinski definition) is 4. The number of aliphatic hydroxyl groups excluding tert-OH is 2. The van der Waals surface area contributed by atoms with Gasteiger partial charge in [-0.25, -0.2) is 0 Å². The summed E-state index contributed by atoms with van der Waals surface area (Å²) in [6.07, 6.45) is -46.0. The average Bonchev–Trinajstić information content (AvgIpc) is 3.29. The highest BCUT2D eigenvalue weighted by Gasteiger charge is 2.44. The van der Waals surface area contributed by atoms with Gasteiger partial charge in [-0.15, -0.1) is 0 Å². The second kappa shape index (κ2) is 19.1. The number of halogens is 24. The maximum absolute atomic E-state index is 14.0. The molecule has 1 aliphatic rings. The normalized spacial score (nSPS) is 14.2. The minimum absolute atomic E-state index is 0.0163. The van der Waals surface area contributed by atoms with Crippen molar-refractivity contribution in [2.24, 2.45) is 0 Å². The molecule has 0 unspecified atom stereocenters. The van der Waals surface area contributed by atoms with E-state index in [1.165, 1.54) is 0 Å². The molecular formula is C48H20F24N2O6-2. The summed E-state index contributed by atoms with van der Waals surface area (Å²) in [5, 5.41) is 72.2. The van der Waals surface area contributed by atoms with Gasteiger partial charge in [0.05, 0.1) is 66.9 Å². The molecule has 0 fully saturated rings. The van der Waals surface area contributed by atoms with Crippen molar-refractivity contribution in [3.05, 3.63) is 164 Å². The molecule has 32 heteroatoms. The Morgan fingerprint density at radius 3 is 0.625 bits per heavy atom. The molecule has 0 saturated carbocycles. The van der Waals surface area contributed by atoms with Crippen LogP contribution in [0.15, 0.2) is 109 Å². The average molecular weight is 1180 g/mol. The maximum Gasteiger partial charge on any atom is 0.416 e. The van der Waals surface area contributed by atoms with Crippen LogP contribution in [0.25, 0.3) is 11.1 Å². The molecule has 0 spiro atoms. The van der Waals surface area contributed by atoms with Crippen molar-refractivity contribution in [1.82, 2.24) is 0 Å². The third-order valence-corrected chi connectivity index (χ3v) is 11.4. The van der Waals surface area contributed by atoms with E-state index in [2.05, 4.69) is 0 Å². The van der Waals surface area contributed by atoms with Crippen LogP contribution < -0.4 is 20.0 Å². The van der Waals surface area contributed by atoms with Crippen LogP contribution in [-0.4, -0.2) is 20.4 Å². The third kappa shape index (κ3) is 11.6. The van der Waals surface area contributed by atoms with Crippen LogP contribution in [0.2, 0.25) is 0 Å². The Morgan fingerprint density at radius 2 is 0.425 bits per heavy atom. The standard InChI is InChI=1S/C48H22F24N2O6/c49-41(50,51)17-1-18(42(52,53)54)6-25(5-17)73(26-7-19(43(55,56)57)2-20(8-26)44(58,59)60)29-13-31(75)35(32(76)14-29)37-39(79)38(40(37)80)36-33(77)15-30(16-34(36)78)74(27-9-21(45(61,62)63)3-22(10-27)46(64,65)66)28-11-23(47(67,68)69)4-24(12-28)48(70,71)72/h1-16,75-80H/p-2. The Kier molecular flexibility index (Phi) is 14.1. The first-order chi connectivity index (χ1) is 36.2. The van der Waals surface area contributed by atoms with E-state index in [0.717, 1.165) is 0 Å². The molecule has 6 aromatic carbocycles. The smallest absolute Gasteiger partial charge is 0.416 e. The minimum Gasteiger partial charge on any atom is -0.872 e. The van der Waals surface area contributed by atoms with Crippen molar-refractivity contribution in [2.75, 3.05) is 9.80 Å². The number of phenols is 2. The van der Waals surface area contributed by atoms with E-state index in [-0.39, 0.29) is 82.6 Å². The Bertz CT molecular complexity index is 2960. The quantitative estimate of drug-likeness (QED) is 0.111. The summed E-state index contributed by atoms with van der Waals surface area (Å²) in [7, 11) is 0. The molecule has 80 heavy (non-hydrogen) atoms. The zero-order valence-electron chi connectivity index (χ0n) is 37.8. The van der Waals surface area contributed by atoms with Crippen molar-refractivity contribution in [3.8, 4) is 23.0 Å². The first-order valence-electron chi connectivity index (χ1n) is 20.9. The molecule has 428 valence electrons. The zero-order valence-corrected chi connectivity index (χ0v) is 37.8. The number of allylic oxidation sites excluding steroid dienone is 2. The minimum atomic E-state index is -5.76. The highest BCUT2D eigenvalue weighted by atomic mass is 19.4. The highest BCUT2D eigenvalue weighted by Crippen LogP contribution is 2.56. The fourth-order valence-electron chi connectivity index (χ4n) is 7.98. The van der Waals surface area contributed by atoms with Crippen LogP contribution in [0.1, 0.15) is 55.6 Å². The largest absolute Gasteiger partial charge is 0.872 e. The lowest BCUT2D eigenvalue weighted by Gasteiger charge is -2.34. The second-order valence-corrected chi connectivity index (χ2v) is 16.9. The Balaban J connectivity index is 1.42. The van der Waals surface area contributed by atoms with Gasteiger partial charge in [-0.2, -0.15) is 105 Å². The summed E-state index contributed by atoms with van der Waals surface area (Å²) in [4.78, 5) is -0.426. The fraction of sp³-hybridized carbons (Fsp3) is 0.167.